The molecule has 1 aromatic rings. The van der Waals surface area contributed by atoms with Gasteiger partial charge in [-0.1, -0.05) is 17.7 Å². The lowest BCUT2D eigenvalue weighted by Crippen LogP contribution is -2.19. The largest absolute Gasteiger partial charge is 0.490 e. The molecule has 0 aromatic heterocycles. The van der Waals surface area contributed by atoms with Crippen LogP contribution in [0.25, 0.3) is 0 Å². The van der Waals surface area contributed by atoms with Gasteiger partial charge in [-0.2, -0.15) is 0 Å². The maximum atomic E-state index is 6.02. The fourth-order valence-corrected chi connectivity index (χ4v) is 3.28. The zero-order chi connectivity index (χ0) is 11.8. The molecule has 1 aromatic carbocycles. The summed E-state index contributed by atoms with van der Waals surface area (Å²) >= 11 is 0. The maximum Gasteiger partial charge on any atom is 0.123 e. The van der Waals surface area contributed by atoms with Gasteiger partial charge in [-0.25, -0.2) is 0 Å². The predicted molar refractivity (Wildman–Crippen MR) is 69.2 cm³/mol. The van der Waals surface area contributed by atoms with Crippen LogP contribution in [-0.2, 0) is 6.42 Å². The molecule has 1 aliphatic heterocycles. The summed E-state index contributed by atoms with van der Waals surface area (Å²) in [4.78, 5) is 0. The molecule has 3 unspecified atom stereocenters. The first-order chi connectivity index (χ1) is 8.20. The Balaban J connectivity index is 1.62. The van der Waals surface area contributed by atoms with Crippen LogP contribution < -0.4 is 10.5 Å². The highest BCUT2D eigenvalue weighted by atomic mass is 16.5. The zero-order valence-corrected chi connectivity index (χ0v) is 10.5. The lowest BCUT2D eigenvalue weighted by molar-refractivity contribution is 0.194. The Labute approximate surface area is 103 Å². The highest BCUT2D eigenvalue weighted by molar-refractivity contribution is 5.40. The molecule has 0 bridgehead atoms. The normalized spacial score (nSPS) is 31.3. The number of benzene rings is 1. The molecule has 0 amide bonds. The Morgan fingerprint density at radius 3 is 3.00 bits per heavy atom. The van der Waals surface area contributed by atoms with Crippen molar-refractivity contribution in [1.29, 1.82) is 0 Å². The molecule has 92 valence electrons. The van der Waals surface area contributed by atoms with Crippen molar-refractivity contribution in [2.45, 2.75) is 51.2 Å². The number of ether oxygens (including phenoxy) is 1. The van der Waals surface area contributed by atoms with Crippen LogP contribution in [0.1, 0.15) is 36.8 Å². The first kappa shape index (κ1) is 11.1. The molecule has 17 heavy (non-hydrogen) atoms. The van der Waals surface area contributed by atoms with Gasteiger partial charge in [0.05, 0.1) is 0 Å². The van der Waals surface area contributed by atoms with Crippen LogP contribution in [0.15, 0.2) is 18.2 Å². The van der Waals surface area contributed by atoms with Crippen LogP contribution in [0.2, 0.25) is 0 Å². The van der Waals surface area contributed by atoms with E-state index in [-0.39, 0.29) is 0 Å². The minimum Gasteiger partial charge on any atom is -0.490 e. The van der Waals surface area contributed by atoms with E-state index in [1.54, 1.807) is 0 Å². The number of hydrogen-bond donors (Lipinski definition) is 1. The van der Waals surface area contributed by atoms with Gasteiger partial charge in [-0.3, -0.25) is 0 Å². The van der Waals surface area contributed by atoms with E-state index in [0.29, 0.717) is 12.1 Å². The Morgan fingerprint density at radius 2 is 2.24 bits per heavy atom. The van der Waals surface area contributed by atoms with E-state index >= 15 is 0 Å². The van der Waals surface area contributed by atoms with Gasteiger partial charge in [0.15, 0.2) is 0 Å². The van der Waals surface area contributed by atoms with Crippen molar-refractivity contribution in [1.82, 2.24) is 0 Å². The van der Waals surface area contributed by atoms with Crippen LogP contribution in [-0.4, -0.2) is 12.1 Å². The molecule has 2 aliphatic rings. The lowest BCUT2D eigenvalue weighted by atomic mass is 9.97. The third-order valence-electron chi connectivity index (χ3n) is 4.14. The lowest BCUT2D eigenvalue weighted by Gasteiger charge is -2.15. The fraction of sp³-hybridized carbons (Fsp3) is 0.600. The SMILES string of the molecule is Cc1ccc2c(c1)CC(CC1CCC(N)C1)O2. The van der Waals surface area contributed by atoms with Crippen LogP contribution in [0.4, 0.5) is 0 Å². The van der Waals surface area contributed by atoms with Crippen molar-refractivity contribution in [3.05, 3.63) is 29.3 Å². The van der Waals surface area contributed by atoms with Gasteiger partial charge >= 0.3 is 0 Å². The van der Waals surface area contributed by atoms with Crippen LogP contribution >= 0.6 is 0 Å². The molecular weight excluding hydrogens is 210 g/mol. The summed E-state index contributed by atoms with van der Waals surface area (Å²) in [7, 11) is 0. The zero-order valence-electron chi connectivity index (χ0n) is 10.5. The number of nitrogens with two attached hydrogens (primary N) is 1. The smallest absolute Gasteiger partial charge is 0.123 e. The average Bonchev–Trinajstić information content (AvgIpc) is 2.84. The van der Waals surface area contributed by atoms with Gasteiger partial charge in [-0.15, -0.1) is 0 Å². The second-order valence-corrected chi connectivity index (χ2v) is 5.73. The first-order valence-electron chi connectivity index (χ1n) is 6.72. The molecule has 3 atom stereocenters. The maximum absolute atomic E-state index is 6.02. The second-order valence-electron chi connectivity index (χ2n) is 5.73. The summed E-state index contributed by atoms with van der Waals surface area (Å²) in [6.45, 7) is 2.14. The minimum atomic E-state index is 0.391. The van der Waals surface area contributed by atoms with Gasteiger partial charge in [0.25, 0.3) is 0 Å². The van der Waals surface area contributed by atoms with Crippen LogP contribution in [0.5, 0.6) is 5.75 Å². The summed E-state index contributed by atoms with van der Waals surface area (Å²) in [6, 6.07) is 6.94. The third kappa shape index (κ3) is 2.32. The molecule has 1 fully saturated rings. The highest BCUT2D eigenvalue weighted by Crippen LogP contribution is 2.35. The van der Waals surface area contributed by atoms with Crippen molar-refractivity contribution < 1.29 is 4.74 Å². The van der Waals surface area contributed by atoms with Gasteiger partial charge in [0, 0.05) is 12.5 Å². The minimum absolute atomic E-state index is 0.391. The summed E-state index contributed by atoms with van der Waals surface area (Å²) in [5.74, 6) is 1.88. The molecule has 0 spiro atoms. The van der Waals surface area contributed by atoms with E-state index in [1.807, 2.05) is 0 Å². The Kier molecular flexibility index (Phi) is 2.83. The van der Waals surface area contributed by atoms with Crippen molar-refractivity contribution >= 4 is 0 Å². The molecule has 2 heteroatoms. The van der Waals surface area contributed by atoms with Crippen molar-refractivity contribution in [2.75, 3.05) is 0 Å². The third-order valence-corrected chi connectivity index (χ3v) is 4.14. The van der Waals surface area contributed by atoms with E-state index < -0.39 is 0 Å². The standard InChI is InChI=1S/C15H21NO/c1-10-2-5-15-12(6-10)9-14(17-15)8-11-3-4-13(16)7-11/h2,5-6,11,13-14H,3-4,7-9,16H2,1H3. The first-order valence-corrected chi connectivity index (χ1v) is 6.72. The predicted octanol–water partition coefficient (Wildman–Crippen LogP) is 2.82. The number of fused-ring (bicyclic) bond motifs is 1. The average molecular weight is 231 g/mol. The fourth-order valence-electron chi connectivity index (χ4n) is 3.28. The summed E-state index contributed by atoms with van der Waals surface area (Å²) < 4.78 is 6.02. The highest BCUT2D eigenvalue weighted by Gasteiger charge is 2.29. The van der Waals surface area contributed by atoms with Gasteiger partial charge in [-0.05, 0) is 50.2 Å². The molecular formula is C15H21NO. The van der Waals surface area contributed by atoms with Crippen molar-refractivity contribution in [2.24, 2.45) is 11.7 Å². The van der Waals surface area contributed by atoms with Gasteiger partial charge in [0.1, 0.15) is 11.9 Å². The van der Waals surface area contributed by atoms with Crippen molar-refractivity contribution in [3.63, 3.8) is 0 Å². The van der Waals surface area contributed by atoms with Crippen LogP contribution in [0, 0.1) is 12.8 Å². The Morgan fingerprint density at radius 1 is 1.35 bits per heavy atom. The van der Waals surface area contributed by atoms with Crippen molar-refractivity contribution in [3.8, 4) is 5.75 Å². The number of aryl methyl sites for hydroxylation is 1. The Bertz CT molecular complexity index is 415. The van der Waals surface area contributed by atoms with Gasteiger partial charge in [0.2, 0.25) is 0 Å². The molecule has 1 saturated carbocycles. The summed E-state index contributed by atoms with van der Waals surface area (Å²) in [6.07, 6.45) is 6.33. The van der Waals surface area contributed by atoms with E-state index in [9.17, 15) is 0 Å². The van der Waals surface area contributed by atoms with E-state index in [4.69, 9.17) is 10.5 Å². The quantitative estimate of drug-likeness (QED) is 0.849. The molecule has 0 saturated heterocycles. The van der Waals surface area contributed by atoms with Gasteiger partial charge < -0.3 is 10.5 Å². The van der Waals surface area contributed by atoms with E-state index in [2.05, 4.69) is 25.1 Å². The molecule has 3 rings (SSSR count). The Hall–Kier alpha value is -1.02. The molecule has 2 N–H and O–H groups in total. The number of rotatable bonds is 2. The summed E-state index contributed by atoms with van der Waals surface area (Å²) in [5, 5.41) is 0. The second kappa shape index (κ2) is 4.34. The summed E-state index contributed by atoms with van der Waals surface area (Å²) in [5.41, 5.74) is 8.68. The monoisotopic (exact) mass is 231 g/mol. The molecule has 0 radical (unpaired) electrons. The topological polar surface area (TPSA) is 35.2 Å². The van der Waals surface area contributed by atoms with E-state index in [0.717, 1.165) is 18.1 Å². The number of hydrogen-bond acceptors (Lipinski definition) is 2. The van der Waals surface area contributed by atoms with E-state index in [1.165, 1.54) is 36.8 Å². The molecule has 1 heterocycles. The molecule has 1 aliphatic carbocycles. The van der Waals surface area contributed by atoms with Crippen LogP contribution in [0.3, 0.4) is 0 Å². The molecule has 2 nitrogen and oxygen atoms in total.